The number of rotatable bonds is 3. The summed E-state index contributed by atoms with van der Waals surface area (Å²) >= 11 is 0. The van der Waals surface area contributed by atoms with Crippen LogP contribution in [0.3, 0.4) is 0 Å². The van der Waals surface area contributed by atoms with Gasteiger partial charge in [0.1, 0.15) is 11.4 Å². The van der Waals surface area contributed by atoms with Gasteiger partial charge in [-0.3, -0.25) is 14.6 Å². The van der Waals surface area contributed by atoms with Crippen LogP contribution in [0.4, 0.5) is 4.39 Å². The van der Waals surface area contributed by atoms with Crippen LogP contribution < -0.4 is 14.2 Å². The molecule has 0 bridgehead atoms. The number of Topliss-reactive ketones (excluding diaryl/α,β-unsaturated/α-hetero) is 1. The number of piperidine rings is 1. The Kier molecular flexibility index (Phi) is 5.38. The number of hydrogen-bond acceptors (Lipinski definition) is 6. The summed E-state index contributed by atoms with van der Waals surface area (Å²) in [5.41, 5.74) is 1.45. The number of carbonyl (C=O) groups excluding carboxylic acids is 2. The topological polar surface area (TPSA) is 78.0 Å². The number of benzene rings is 2. The lowest BCUT2D eigenvalue weighted by Crippen LogP contribution is -2.52. The molecule has 2 aliphatic heterocycles. The monoisotopic (exact) mass is 464 g/mol. The first-order chi connectivity index (χ1) is 16.3. The lowest BCUT2D eigenvalue weighted by atomic mass is 9.82. The Morgan fingerprint density at radius 2 is 1.88 bits per heavy atom. The predicted molar refractivity (Wildman–Crippen MR) is 123 cm³/mol. The summed E-state index contributed by atoms with van der Waals surface area (Å²) in [6.45, 7) is 2.63. The van der Waals surface area contributed by atoms with E-state index in [0.717, 1.165) is 0 Å². The van der Waals surface area contributed by atoms with Crippen molar-refractivity contribution in [2.75, 3.05) is 27.3 Å². The molecule has 5 rings (SSSR count). The molecule has 0 aliphatic carbocycles. The fourth-order valence-electron chi connectivity index (χ4n) is 4.93. The van der Waals surface area contributed by atoms with Crippen LogP contribution in [-0.2, 0) is 0 Å². The first-order valence-corrected chi connectivity index (χ1v) is 11.2. The zero-order valence-corrected chi connectivity index (χ0v) is 19.3. The number of fused-ring (bicyclic) bond motifs is 2. The Hall–Kier alpha value is -3.68. The van der Waals surface area contributed by atoms with E-state index >= 15 is 0 Å². The van der Waals surface area contributed by atoms with Gasteiger partial charge in [0.2, 0.25) is 5.75 Å². The number of aryl methyl sites for hydroxylation is 1. The van der Waals surface area contributed by atoms with Crippen molar-refractivity contribution in [1.29, 1.82) is 0 Å². The second kappa shape index (κ2) is 8.27. The Labute approximate surface area is 196 Å². The summed E-state index contributed by atoms with van der Waals surface area (Å²) in [4.78, 5) is 32.6. The molecule has 3 aromatic rings. The van der Waals surface area contributed by atoms with Crippen molar-refractivity contribution < 1.29 is 28.2 Å². The maximum absolute atomic E-state index is 13.9. The molecule has 176 valence electrons. The highest BCUT2D eigenvalue weighted by Crippen LogP contribution is 2.48. The van der Waals surface area contributed by atoms with Crippen molar-refractivity contribution in [2.45, 2.75) is 31.8 Å². The van der Waals surface area contributed by atoms with Gasteiger partial charge in [-0.1, -0.05) is 0 Å². The standard InChI is InChI=1S/C26H25FN2O5/c1-15-12-19(18-13-16(27)4-6-20(18)28-15)25(31)29-10-8-26(9-11-29)14-21(30)17-5-7-22(32-2)24(33-3)23(17)34-26/h4-7,12-13H,8-11,14H2,1-3H3. The number of carbonyl (C=O) groups is 2. The van der Waals surface area contributed by atoms with Crippen LogP contribution in [0, 0.1) is 12.7 Å². The van der Waals surface area contributed by atoms with E-state index in [2.05, 4.69) is 4.98 Å². The highest BCUT2D eigenvalue weighted by Gasteiger charge is 2.45. The molecule has 1 aromatic heterocycles. The zero-order valence-electron chi connectivity index (χ0n) is 19.3. The van der Waals surface area contributed by atoms with Crippen molar-refractivity contribution in [2.24, 2.45) is 0 Å². The van der Waals surface area contributed by atoms with Crippen LogP contribution in [-0.4, -0.2) is 54.5 Å². The molecule has 1 fully saturated rings. The van der Waals surface area contributed by atoms with Crippen LogP contribution in [0.1, 0.15) is 45.7 Å². The number of halogens is 1. The fourth-order valence-corrected chi connectivity index (χ4v) is 4.93. The molecule has 0 unspecified atom stereocenters. The van der Waals surface area contributed by atoms with Gasteiger partial charge in [-0.2, -0.15) is 0 Å². The Morgan fingerprint density at radius 1 is 1.12 bits per heavy atom. The van der Waals surface area contributed by atoms with E-state index in [1.54, 1.807) is 29.2 Å². The molecule has 1 spiro atoms. The first-order valence-electron chi connectivity index (χ1n) is 11.2. The molecule has 3 heterocycles. The first kappa shape index (κ1) is 22.1. The van der Waals surface area contributed by atoms with Gasteiger partial charge in [0.15, 0.2) is 17.3 Å². The van der Waals surface area contributed by atoms with Crippen molar-refractivity contribution in [1.82, 2.24) is 9.88 Å². The molecule has 2 aromatic carbocycles. The Morgan fingerprint density at radius 3 is 2.59 bits per heavy atom. The Balaban J connectivity index is 1.41. The lowest BCUT2D eigenvalue weighted by Gasteiger charge is -2.44. The van der Waals surface area contributed by atoms with Gasteiger partial charge >= 0.3 is 0 Å². The van der Waals surface area contributed by atoms with Crippen molar-refractivity contribution in [3.8, 4) is 17.2 Å². The van der Waals surface area contributed by atoms with E-state index in [1.807, 2.05) is 6.92 Å². The molecule has 1 amide bonds. The van der Waals surface area contributed by atoms with Crippen molar-refractivity contribution >= 4 is 22.6 Å². The number of ether oxygens (including phenoxy) is 3. The van der Waals surface area contributed by atoms with Gasteiger partial charge < -0.3 is 19.1 Å². The summed E-state index contributed by atoms with van der Waals surface area (Å²) in [6, 6.07) is 9.36. The second-order valence-electron chi connectivity index (χ2n) is 8.83. The highest BCUT2D eigenvalue weighted by atomic mass is 19.1. The van der Waals surface area contributed by atoms with E-state index in [1.165, 1.54) is 26.4 Å². The third-order valence-electron chi connectivity index (χ3n) is 6.69. The SMILES string of the molecule is COc1ccc2c(c1OC)OC1(CCN(C(=O)c3cc(C)nc4ccc(F)cc34)CC1)CC2=O. The van der Waals surface area contributed by atoms with Crippen LogP contribution in [0.25, 0.3) is 10.9 Å². The van der Waals surface area contributed by atoms with Crippen molar-refractivity contribution in [3.05, 3.63) is 59.0 Å². The molecule has 0 radical (unpaired) electrons. The van der Waals surface area contributed by atoms with Gasteiger partial charge in [0, 0.05) is 37.0 Å². The smallest absolute Gasteiger partial charge is 0.254 e. The molecule has 1 saturated heterocycles. The van der Waals surface area contributed by atoms with Crippen LogP contribution in [0.2, 0.25) is 0 Å². The van der Waals surface area contributed by atoms with Gasteiger partial charge in [0.05, 0.1) is 37.3 Å². The average molecular weight is 464 g/mol. The third-order valence-corrected chi connectivity index (χ3v) is 6.69. The number of ketones is 1. The van der Waals surface area contributed by atoms with Crippen LogP contribution in [0.15, 0.2) is 36.4 Å². The maximum Gasteiger partial charge on any atom is 0.254 e. The minimum Gasteiger partial charge on any atom is -0.493 e. The minimum absolute atomic E-state index is 0.0202. The summed E-state index contributed by atoms with van der Waals surface area (Å²) < 4.78 is 31.2. The molecule has 8 heteroatoms. The number of likely N-dealkylation sites (tertiary alicyclic amines) is 1. The molecule has 0 atom stereocenters. The summed E-state index contributed by atoms with van der Waals surface area (Å²) in [5.74, 6) is 0.662. The molecule has 34 heavy (non-hydrogen) atoms. The summed E-state index contributed by atoms with van der Waals surface area (Å²) in [6.07, 6.45) is 1.21. The highest BCUT2D eigenvalue weighted by molar-refractivity contribution is 6.06. The normalized spacial score (nSPS) is 16.8. The van der Waals surface area contributed by atoms with Crippen molar-refractivity contribution in [3.63, 3.8) is 0 Å². The van der Waals surface area contributed by atoms with Gasteiger partial charge in [-0.25, -0.2) is 4.39 Å². The number of hydrogen-bond donors (Lipinski definition) is 0. The van der Waals surface area contributed by atoms with Crippen LogP contribution in [0.5, 0.6) is 17.2 Å². The van der Waals surface area contributed by atoms with Crippen LogP contribution >= 0.6 is 0 Å². The molecule has 2 aliphatic rings. The van der Waals surface area contributed by atoms with Gasteiger partial charge in [-0.15, -0.1) is 0 Å². The number of nitrogens with zero attached hydrogens (tertiary/aromatic N) is 2. The van der Waals surface area contributed by atoms with E-state index in [4.69, 9.17) is 14.2 Å². The molecular formula is C26H25FN2O5. The quantitative estimate of drug-likeness (QED) is 0.574. The predicted octanol–water partition coefficient (Wildman–Crippen LogP) is 4.34. The van der Waals surface area contributed by atoms with Gasteiger partial charge in [0.25, 0.3) is 5.91 Å². The van der Waals surface area contributed by atoms with E-state index < -0.39 is 11.4 Å². The largest absolute Gasteiger partial charge is 0.493 e. The fraction of sp³-hybridized carbons (Fsp3) is 0.346. The van der Waals surface area contributed by atoms with Gasteiger partial charge in [-0.05, 0) is 43.3 Å². The zero-order chi connectivity index (χ0) is 24.0. The molecule has 7 nitrogen and oxygen atoms in total. The van der Waals surface area contributed by atoms with E-state index in [9.17, 15) is 14.0 Å². The number of amides is 1. The Bertz CT molecular complexity index is 1310. The number of aromatic nitrogens is 1. The molecular weight excluding hydrogens is 439 g/mol. The summed E-state index contributed by atoms with van der Waals surface area (Å²) in [7, 11) is 3.05. The second-order valence-corrected chi connectivity index (χ2v) is 8.83. The summed E-state index contributed by atoms with van der Waals surface area (Å²) in [5, 5.41) is 0.491. The molecule has 0 N–H and O–H groups in total. The number of methoxy groups -OCH3 is 2. The molecule has 0 saturated carbocycles. The maximum atomic E-state index is 13.9. The number of pyridine rings is 1. The van der Waals surface area contributed by atoms with E-state index in [-0.39, 0.29) is 18.1 Å². The minimum atomic E-state index is -0.719. The lowest BCUT2D eigenvalue weighted by molar-refractivity contribution is -0.00741. The average Bonchev–Trinajstić information content (AvgIpc) is 2.83. The van der Waals surface area contributed by atoms with E-state index in [0.29, 0.717) is 70.9 Å². The third kappa shape index (κ3) is 3.63.